The third-order valence-corrected chi connectivity index (χ3v) is 4.91. The highest BCUT2D eigenvalue weighted by molar-refractivity contribution is 6.33. The van der Waals surface area contributed by atoms with Crippen LogP contribution >= 0.6 is 23.2 Å². The van der Waals surface area contributed by atoms with Gasteiger partial charge in [0.2, 0.25) is 0 Å². The number of aliphatic hydroxyl groups is 1. The first-order chi connectivity index (χ1) is 13.3. The molecule has 0 aliphatic carbocycles. The normalized spacial score (nSPS) is 12.1. The number of aromatic nitrogens is 2. The maximum atomic E-state index is 13.3. The van der Waals surface area contributed by atoms with Crippen molar-refractivity contribution in [3.63, 3.8) is 0 Å². The molecular formula is C19H15Cl2F2N3O2. The molecule has 2 N–H and O–H groups in total. The number of rotatable bonds is 5. The van der Waals surface area contributed by atoms with Crippen LogP contribution in [0.3, 0.4) is 0 Å². The first kappa shape index (κ1) is 20.3. The van der Waals surface area contributed by atoms with Crippen LogP contribution in [-0.4, -0.2) is 21.4 Å². The number of hydrogen-bond acceptors (Lipinski definition) is 4. The lowest BCUT2D eigenvalue weighted by atomic mass is 10.1. The predicted octanol–water partition coefficient (Wildman–Crippen LogP) is 4.27. The van der Waals surface area contributed by atoms with Crippen LogP contribution in [-0.2, 0) is 0 Å². The number of nitrogens with zero attached hydrogens (tertiary/aromatic N) is 2. The van der Waals surface area contributed by atoms with E-state index in [4.69, 9.17) is 23.2 Å². The van der Waals surface area contributed by atoms with Crippen molar-refractivity contribution >= 4 is 28.9 Å². The summed E-state index contributed by atoms with van der Waals surface area (Å²) in [5, 5.41) is 17.3. The largest absolute Gasteiger partial charge is 0.387 e. The number of anilines is 1. The molecule has 3 rings (SSSR count). The Morgan fingerprint density at radius 1 is 1.18 bits per heavy atom. The van der Waals surface area contributed by atoms with Crippen molar-refractivity contribution in [2.45, 2.75) is 13.0 Å². The molecule has 3 aromatic rings. The quantitative estimate of drug-likeness (QED) is 0.640. The van der Waals surface area contributed by atoms with Crippen molar-refractivity contribution in [1.29, 1.82) is 0 Å². The second kappa shape index (κ2) is 8.26. The summed E-state index contributed by atoms with van der Waals surface area (Å²) in [6.07, 6.45) is 0.180. The van der Waals surface area contributed by atoms with Gasteiger partial charge in [-0.15, -0.1) is 0 Å². The minimum Gasteiger partial charge on any atom is -0.387 e. The van der Waals surface area contributed by atoms with Gasteiger partial charge in [0.25, 0.3) is 5.56 Å². The number of nitrogens with one attached hydrogen (secondary N) is 1. The van der Waals surface area contributed by atoms with Crippen molar-refractivity contribution in [3.05, 3.63) is 85.8 Å². The molecule has 1 atom stereocenters. The van der Waals surface area contributed by atoms with Gasteiger partial charge in [-0.1, -0.05) is 35.3 Å². The van der Waals surface area contributed by atoms with Gasteiger partial charge in [-0.2, -0.15) is 9.78 Å². The highest BCUT2D eigenvalue weighted by Gasteiger charge is 2.15. The zero-order valence-electron chi connectivity index (χ0n) is 14.6. The predicted molar refractivity (Wildman–Crippen MR) is 104 cm³/mol. The van der Waals surface area contributed by atoms with Gasteiger partial charge in [0, 0.05) is 11.6 Å². The molecule has 5 nitrogen and oxygen atoms in total. The van der Waals surface area contributed by atoms with Crippen LogP contribution in [0.2, 0.25) is 10.0 Å². The molecule has 0 fully saturated rings. The van der Waals surface area contributed by atoms with E-state index in [2.05, 4.69) is 10.4 Å². The van der Waals surface area contributed by atoms with Gasteiger partial charge in [-0.3, -0.25) is 4.79 Å². The summed E-state index contributed by atoms with van der Waals surface area (Å²) in [5.74, 6) is -2.06. The molecule has 0 saturated heterocycles. The van der Waals surface area contributed by atoms with Crippen LogP contribution in [0.15, 0.2) is 47.4 Å². The molecule has 146 valence electrons. The maximum absolute atomic E-state index is 13.3. The number of aliphatic hydroxyl groups excluding tert-OH is 1. The van der Waals surface area contributed by atoms with Crippen molar-refractivity contribution in [1.82, 2.24) is 9.78 Å². The zero-order chi connectivity index (χ0) is 20.4. The molecule has 2 aromatic carbocycles. The van der Waals surface area contributed by atoms with Crippen LogP contribution in [0, 0.1) is 18.6 Å². The molecule has 0 saturated carbocycles. The second-order valence-electron chi connectivity index (χ2n) is 6.09. The summed E-state index contributed by atoms with van der Waals surface area (Å²) >= 11 is 12.2. The van der Waals surface area contributed by atoms with Gasteiger partial charge in [0.1, 0.15) is 5.02 Å². The molecule has 1 heterocycles. The van der Waals surface area contributed by atoms with Crippen molar-refractivity contribution in [2.24, 2.45) is 0 Å². The Hall–Kier alpha value is -2.48. The summed E-state index contributed by atoms with van der Waals surface area (Å²) < 4.78 is 27.4. The van der Waals surface area contributed by atoms with Crippen LogP contribution in [0.25, 0.3) is 5.69 Å². The number of benzene rings is 2. The van der Waals surface area contributed by atoms with Gasteiger partial charge in [-0.25, -0.2) is 8.78 Å². The third-order valence-electron chi connectivity index (χ3n) is 4.13. The summed E-state index contributed by atoms with van der Waals surface area (Å²) in [5.41, 5.74) is 1.11. The molecule has 0 bridgehead atoms. The molecule has 0 aliphatic heterocycles. The zero-order valence-corrected chi connectivity index (χ0v) is 16.1. The molecule has 0 radical (unpaired) electrons. The van der Waals surface area contributed by atoms with E-state index in [9.17, 15) is 18.7 Å². The van der Waals surface area contributed by atoms with E-state index in [1.54, 1.807) is 18.2 Å². The molecule has 0 spiro atoms. The molecule has 0 unspecified atom stereocenters. The Bertz CT molecular complexity index is 1090. The molecule has 28 heavy (non-hydrogen) atoms. The Kier molecular flexibility index (Phi) is 5.98. The first-order valence-electron chi connectivity index (χ1n) is 8.19. The fourth-order valence-electron chi connectivity index (χ4n) is 2.50. The summed E-state index contributed by atoms with van der Waals surface area (Å²) in [7, 11) is 0. The molecule has 9 heteroatoms. The molecular weight excluding hydrogens is 411 g/mol. The average Bonchev–Trinajstić information content (AvgIpc) is 2.67. The van der Waals surface area contributed by atoms with Gasteiger partial charge >= 0.3 is 0 Å². The average molecular weight is 426 g/mol. The van der Waals surface area contributed by atoms with E-state index in [0.29, 0.717) is 10.7 Å². The van der Waals surface area contributed by atoms with Crippen molar-refractivity contribution < 1.29 is 13.9 Å². The number of halogens is 4. The summed E-state index contributed by atoms with van der Waals surface area (Å²) in [4.78, 5) is 12.5. The SMILES string of the molecule is Cc1ccc(-n2ncc(NC[C@@H](O)c3ccc(F)c(F)c3)c(Cl)c2=O)cc1Cl. The van der Waals surface area contributed by atoms with Crippen molar-refractivity contribution in [3.8, 4) is 5.69 Å². The fraction of sp³-hybridized carbons (Fsp3) is 0.158. The number of hydrogen-bond donors (Lipinski definition) is 2. The summed E-state index contributed by atoms with van der Waals surface area (Å²) in [6, 6.07) is 8.14. The fourth-order valence-corrected chi connectivity index (χ4v) is 2.87. The minimum absolute atomic E-state index is 0.0910. The van der Waals surface area contributed by atoms with E-state index in [1.165, 1.54) is 12.3 Å². The Labute approximate surface area is 169 Å². The molecule has 0 aliphatic rings. The molecule has 1 aromatic heterocycles. The van der Waals surface area contributed by atoms with Gasteiger partial charge in [-0.05, 0) is 42.3 Å². The highest BCUT2D eigenvalue weighted by atomic mass is 35.5. The van der Waals surface area contributed by atoms with E-state index >= 15 is 0 Å². The van der Waals surface area contributed by atoms with Crippen molar-refractivity contribution in [2.75, 3.05) is 11.9 Å². The Balaban J connectivity index is 1.80. The van der Waals surface area contributed by atoms with Crippen LogP contribution < -0.4 is 10.9 Å². The van der Waals surface area contributed by atoms with E-state index < -0.39 is 23.3 Å². The van der Waals surface area contributed by atoms with E-state index in [0.717, 1.165) is 22.4 Å². The molecule has 0 amide bonds. The lowest BCUT2D eigenvalue weighted by Gasteiger charge is -2.15. The van der Waals surface area contributed by atoms with Crippen LogP contribution in [0.5, 0.6) is 0 Å². The van der Waals surface area contributed by atoms with Gasteiger partial charge in [0.05, 0.1) is 23.7 Å². The lowest BCUT2D eigenvalue weighted by Crippen LogP contribution is -2.23. The minimum atomic E-state index is -1.15. The lowest BCUT2D eigenvalue weighted by molar-refractivity contribution is 0.191. The highest BCUT2D eigenvalue weighted by Crippen LogP contribution is 2.22. The Morgan fingerprint density at radius 2 is 1.93 bits per heavy atom. The van der Waals surface area contributed by atoms with E-state index in [-0.39, 0.29) is 22.8 Å². The summed E-state index contributed by atoms with van der Waals surface area (Å²) in [6.45, 7) is 1.74. The monoisotopic (exact) mass is 425 g/mol. The second-order valence-corrected chi connectivity index (χ2v) is 6.88. The number of aryl methyl sites for hydroxylation is 1. The first-order valence-corrected chi connectivity index (χ1v) is 8.94. The van der Waals surface area contributed by atoms with Gasteiger partial charge < -0.3 is 10.4 Å². The van der Waals surface area contributed by atoms with Gasteiger partial charge in [0.15, 0.2) is 11.6 Å². The van der Waals surface area contributed by atoms with Crippen LogP contribution in [0.4, 0.5) is 14.5 Å². The Morgan fingerprint density at radius 3 is 2.61 bits per heavy atom. The third kappa shape index (κ3) is 4.16. The maximum Gasteiger partial charge on any atom is 0.292 e. The van der Waals surface area contributed by atoms with Crippen LogP contribution in [0.1, 0.15) is 17.2 Å². The standard InChI is InChI=1S/C19H15Cl2F2N3O2/c1-10-2-4-12(7-13(10)20)26-19(28)18(21)16(8-25-26)24-9-17(27)11-3-5-14(22)15(23)6-11/h2-8,17,24,27H,9H2,1H3/t17-/m1/s1. The topological polar surface area (TPSA) is 67.2 Å². The van der Waals surface area contributed by atoms with E-state index in [1.807, 2.05) is 6.92 Å². The smallest absolute Gasteiger partial charge is 0.292 e.